The fourth-order valence-corrected chi connectivity index (χ4v) is 7.25. The van der Waals surface area contributed by atoms with E-state index in [1.54, 1.807) is 0 Å². The topological polar surface area (TPSA) is 82.8 Å². The first-order valence-corrected chi connectivity index (χ1v) is 16.8. The molecule has 0 atom stereocenters. The Balaban J connectivity index is 1.24. The van der Waals surface area contributed by atoms with Crippen LogP contribution in [0.4, 0.5) is 0 Å². The van der Waals surface area contributed by atoms with E-state index in [1.807, 2.05) is 91.0 Å². The summed E-state index contributed by atoms with van der Waals surface area (Å²) in [6.07, 6.45) is 0. The van der Waals surface area contributed by atoms with Crippen molar-refractivity contribution in [2.75, 3.05) is 0 Å². The van der Waals surface area contributed by atoms with E-state index < -0.39 is 0 Å². The van der Waals surface area contributed by atoms with Crippen molar-refractivity contribution < 1.29 is 8.83 Å². The normalized spacial score (nSPS) is 11.9. The summed E-state index contributed by atoms with van der Waals surface area (Å²) in [6.45, 7) is 0. The van der Waals surface area contributed by atoms with Crippen molar-refractivity contribution >= 4 is 65.6 Å². The van der Waals surface area contributed by atoms with Crippen molar-refractivity contribution in [1.29, 1.82) is 0 Å². The molecule has 0 N–H and O–H groups in total. The van der Waals surface area contributed by atoms with Crippen LogP contribution >= 0.6 is 0 Å². The summed E-state index contributed by atoms with van der Waals surface area (Å²) in [5, 5.41) is 6.46. The first-order valence-electron chi connectivity index (χ1n) is 16.8. The summed E-state index contributed by atoms with van der Waals surface area (Å²) < 4.78 is 15.0. The SMILES string of the molecule is c1ccc(-c2nc(-c3ccc4c(c3)oc3ccccc34)nc(-n3c4cc5ccccc5cc4c4ccc5nc(-c6ccccc6)oc5c43)n2)cc1. The zero-order valence-corrected chi connectivity index (χ0v) is 27.0. The Labute approximate surface area is 290 Å². The third kappa shape index (κ3) is 4.31. The van der Waals surface area contributed by atoms with E-state index in [1.165, 1.54) is 0 Å². The predicted octanol–water partition coefficient (Wildman–Crippen LogP) is 11.2. The van der Waals surface area contributed by atoms with E-state index in [2.05, 4.69) is 65.2 Å². The maximum atomic E-state index is 6.65. The zero-order valence-electron chi connectivity index (χ0n) is 27.0. The van der Waals surface area contributed by atoms with Gasteiger partial charge in [0, 0.05) is 38.2 Å². The Hall–Kier alpha value is -7.12. The van der Waals surface area contributed by atoms with Gasteiger partial charge in [0.2, 0.25) is 11.8 Å². The second-order valence-electron chi connectivity index (χ2n) is 12.7. The Morgan fingerprint density at radius 3 is 1.92 bits per heavy atom. The van der Waals surface area contributed by atoms with E-state index in [9.17, 15) is 0 Å². The third-order valence-corrected chi connectivity index (χ3v) is 9.66. The molecule has 7 aromatic carbocycles. The van der Waals surface area contributed by atoms with Gasteiger partial charge in [0.1, 0.15) is 22.2 Å². The summed E-state index contributed by atoms with van der Waals surface area (Å²) in [5.41, 5.74) is 7.45. The van der Waals surface area contributed by atoms with Crippen molar-refractivity contribution in [3.8, 4) is 40.2 Å². The molecule has 0 fully saturated rings. The van der Waals surface area contributed by atoms with Crippen molar-refractivity contribution in [3.05, 3.63) is 152 Å². The minimum Gasteiger partial charge on any atom is -0.456 e. The maximum absolute atomic E-state index is 6.65. The van der Waals surface area contributed by atoms with Crippen LogP contribution in [0, 0.1) is 0 Å². The molecule has 0 aliphatic carbocycles. The van der Waals surface area contributed by atoms with Gasteiger partial charge in [-0.1, -0.05) is 97.1 Å². The van der Waals surface area contributed by atoms with E-state index in [0.717, 1.165) is 76.7 Å². The number of hydrogen-bond donors (Lipinski definition) is 0. The molecule has 0 saturated heterocycles. The molecule has 7 nitrogen and oxygen atoms in total. The lowest BCUT2D eigenvalue weighted by Gasteiger charge is -2.11. The van der Waals surface area contributed by atoms with Gasteiger partial charge in [-0.15, -0.1) is 0 Å². The minimum atomic E-state index is 0.476. The van der Waals surface area contributed by atoms with Gasteiger partial charge in [0.25, 0.3) is 0 Å². The summed E-state index contributed by atoms with van der Waals surface area (Å²) in [5.74, 6) is 2.13. The second kappa shape index (κ2) is 10.7. The van der Waals surface area contributed by atoms with Crippen LogP contribution in [-0.4, -0.2) is 24.5 Å². The molecule has 0 amide bonds. The van der Waals surface area contributed by atoms with Crippen molar-refractivity contribution in [2.24, 2.45) is 0 Å². The Kier molecular flexibility index (Phi) is 5.83. The first-order chi connectivity index (χ1) is 25.2. The summed E-state index contributed by atoms with van der Waals surface area (Å²) in [6, 6.07) is 51.2. The zero-order chi connectivity index (χ0) is 33.5. The molecule has 4 heterocycles. The number of para-hydroxylation sites is 1. The van der Waals surface area contributed by atoms with Gasteiger partial charge in [-0.25, -0.2) is 9.97 Å². The van der Waals surface area contributed by atoms with Gasteiger partial charge in [-0.2, -0.15) is 9.97 Å². The number of fused-ring (bicyclic) bond motifs is 9. The second-order valence-corrected chi connectivity index (χ2v) is 12.7. The first kappa shape index (κ1) is 27.8. The molecule has 0 spiro atoms. The smallest absolute Gasteiger partial charge is 0.238 e. The standard InChI is InChI=1S/C44H25N5O2/c1-3-11-26(12-4-1)41-46-42(30-19-20-32-31-17-9-10-18-37(31)50-38(32)25-30)48-44(47-41)49-36-24-29-16-8-7-15-28(29)23-34(36)33-21-22-35-40(39(33)49)51-43(45-35)27-13-5-2-6-14-27/h1-25H. The molecule has 0 unspecified atom stereocenters. The molecular weight excluding hydrogens is 631 g/mol. The van der Waals surface area contributed by atoms with Crippen molar-refractivity contribution in [1.82, 2.24) is 24.5 Å². The summed E-state index contributed by atoms with van der Waals surface area (Å²) in [4.78, 5) is 20.4. The highest BCUT2D eigenvalue weighted by Crippen LogP contribution is 2.40. The number of nitrogens with zero attached hydrogens (tertiary/aromatic N) is 5. The fourth-order valence-electron chi connectivity index (χ4n) is 7.25. The van der Waals surface area contributed by atoms with Gasteiger partial charge < -0.3 is 8.83 Å². The van der Waals surface area contributed by atoms with Crippen molar-refractivity contribution in [3.63, 3.8) is 0 Å². The highest BCUT2D eigenvalue weighted by atomic mass is 16.3. The number of oxazole rings is 1. The number of rotatable bonds is 4. The Morgan fingerprint density at radius 1 is 0.431 bits per heavy atom. The number of aromatic nitrogens is 5. The molecular formula is C44H25N5O2. The molecule has 0 bridgehead atoms. The minimum absolute atomic E-state index is 0.476. The van der Waals surface area contributed by atoms with Crippen LogP contribution in [0.5, 0.6) is 0 Å². The van der Waals surface area contributed by atoms with E-state index in [-0.39, 0.29) is 0 Å². The molecule has 11 aromatic rings. The van der Waals surface area contributed by atoms with Gasteiger partial charge in [-0.3, -0.25) is 4.57 Å². The lowest BCUT2D eigenvalue weighted by Crippen LogP contribution is -2.06. The quantitative estimate of drug-likeness (QED) is 0.188. The molecule has 0 aliphatic rings. The van der Waals surface area contributed by atoms with Gasteiger partial charge in [0.05, 0.1) is 5.52 Å². The highest BCUT2D eigenvalue weighted by molar-refractivity contribution is 6.19. The number of furan rings is 1. The lowest BCUT2D eigenvalue weighted by molar-refractivity contribution is 0.621. The molecule has 0 aliphatic heterocycles. The average molecular weight is 656 g/mol. The van der Waals surface area contributed by atoms with Crippen LogP contribution in [-0.2, 0) is 0 Å². The third-order valence-electron chi connectivity index (χ3n) is 9.66. The van der Waals surface area contributed by atoms with E-state index >= 15 is 0 Å². The Bertz CT molecular complexity index is 3140. The molecule has 0 radical (unpaired) electrons. The van der Waals surface area contributed by atoms with E-state index in [0.29, 0.717) is 29.1 Å². The Morgan fingerprint density at radius 2 is 1.10 bits per heavy atom. The molecule has 11 rings (SSSR count). The molecule has 0 saturated carbocycles. The van der Waals surface area contributed by atoms with Crippen LogP contribution in [0.15, 0.2) is 160 Å². The van der Waals surface area contributed by atoms with Crippen LogP contribution in [0.3, 0.4) is 0 Å². The number of hydrogen-bond acceptors (Lipinski definition) is 6. The van der Waals surface area contributed by atoms with Crippen LogP contribution < -0.4 is 0 Å². The summed E-state index contributed by atoms with van der Waals surface area (Å²) in [7, 11) is 0. The van der Waals surface area contributed by atoms with Crippen LogP contribution in [0.25, 0.3) is 106 Å². The van der Waals surface area contributed by atoms with Crippen molar-refractivity contribution in [2.45, 2.75) is 0 Å². The average Bonchev–Trinajstić information content (AvgIpc) is 3.89. The van der Waals surface area contributed by atoms with Crippen LogP contribution in [0.1, 0.15) is 0 Å². The van der Waals surface area contributed by atoms with Gasteiger partial charge in [0.15, 0.2) is 17.2 Å². The van der Waals surface area contributed by atoms with Crippen LogP contribution in [0.2, 0.25) is 0 Å². The molecule has 238 valence electrons. The predicted molar refractivity (Wildman–Crippen MR) is 203 cm³/mol. The maximum Gasteiger partial charge on any atom is 0.238 e. The monoisotopic (exact) mass is 655 g/mol. The summed E-state index contributed by atoms with van der Waals surface area (Å²) >= 11 is 0. The van der Waals surface area contributed by atoms with E-state index in [4.69, 9.17) is 28.8 Å². The van der Waals surface area contributed by atoms with Gasteiger partial charge >= 0.3 is 0 Å². The number of benzene rings is 7. The van der Waals surface area contributed by atoms with Gasteiger partial charge in [-0.05, 0) is 65.4 Å². The fraction of sp³-hybridized carbons (Fsp3) is 0. The molecule has 7 heteroatoms. The molecule has 4 aromatic heterocycles. The lowest BCUT2D eigenvalue weighted by atomic mass is 10.1. The molecule has 51 heavy (non-hydrogen) atoms. The highest BCUT2D eigenvalue weighted by Gasteiger charge is 2.23. The largest absolute Gasteiger partial charge is 0.456 e.